The average molecular weight is 591 g/mol. The standard InChI is InChI=1S/C29H41F3N6O2Si/c1-41(2,3)17-16-40-20-38-25(18-24-27(34-19-35-28(24)38)37-12-14-39-15-13-37)21-4-6-23(7-5-21)36-26(29(30,31)32)22-8-10-33-11-9-22/h4-7,18-19,22,26,33,36H,8-17,20H2,1-3H3/t26-/m0/s1. The highest BCUT2D eigenvalue weighted by molar-refractivity contribution is 6.76. The third-order valence-corrected chi connectivity index (χ3v) is 9.61. The quantitative estimate of drug-likeness (QED) is 0.236. The van der Waals surface area contributed by atoms with Crippen LogP contribution in [0.4, 0.5) is 24.7 Å². The van der Waals surface area contributed by atoms with Crippen LogP contribution in [-0.4, -0.2) is 80.8 Å². The van der Waals surface area contributed by atoms with Crippen molar-refractivity contribution in [1.82, 2.24) is 19.9 Å². The maximum atomic E-state index is 14.0. The fraction of sp³-hybridized carbons (Fsp3) is 0.586. The summed E-state index contributed by atoms with van der Waals surface area (Å²) in [5.74, 6) is 0.401. The van der Waals surface area contributed by atoms with Crippen LogP contribution >= 0.6 is 0 Å². The first-order valence-electron chi connectivity index (χ1n) is 14.5. The summed E-state index contributed by atoms with van der Waals surface area (Å²) in [5.41, 5.74) is 2.99. The van der Waals surface area contributed by atoms with Crippen molar-refractivity contribution < 1.29 is 22.6 Å². The molecule has 2 fully saturated rings. The highest BCUT2D eigenvalue weighted by Crippen LogP contribution is 2.35. The van der Waals surface area contributed by atoms with Crippen molar-refractivity contribution in [1.29, 1.82) is 0 Å². The van der Waals surface area contributed by atoms with Gasteiger partial charge in [-0.1, -0.05) is 31.8 Å². The van der Waals surface area contributed by atoms with E-state index < -0.39 is 26.2 Å². The number of benzene rings is 1. The van der Waals surface area contributed by atoms with Crippen LogP contribution in [0.25, 0.3) is 22.3 Å². The van der Waals surface area contributed by atoms with E-state index in [9.17, 15) is 13.2 Å². The molecule has 0 saturated carbocycles. The van der Waals surface area contributed by atoms with Gasteiger partial charge in [-0.25, -0.2) is 9.97 Å². The molecule has 0 bridgehead atoms. The SMILES string of the molecule is C[Si](C)(C)CCOCn1c(-c2ccc(N[C@@H](C3CCNCC3)C(F)(F)F)cc2)cc2c(N3CCOCC3)ncnc21. The molecule has 0 spiro atoms. The number of ether oxygens (including phenoxy) is 2. The Balaban J connectivity index is 1.44. The van der Waals surface area contributed by atoms with Crippen LogP contribution in [0.5, 0.6) is 0 Å². The van der Waals surface area contributed by atoms with Crippen molar-refractivity contribution in [2.45, 2.75) is 57.5 Å². The Kier molecular flexibility index (Phi) is 9.22. The molecule has 2 N–H and O–H groups in total. The van der Waals surface area contributed by atoms with Gasteiger partial charge in [-0.05, 0) is 61.7 Å². The molecule has 0 aliphatic carbocycles. The average Bonchev–Trinajstić information content (AvgIpc) is 3.33. The van der Waals surface area contributed by atoms with Gasteiger partial charge >= 0.3 is 6.18 Å². The predicted octanol–water partition coefficient (Wildman–Crippen LogP) is 5.59. The Morgan fingerprint density at radius 3 is 2.46 bits per heavy atom. The number of piperidine rings is 1. The zero-order chi connectivity index (χ0) is 29.0. The Morgan fingerprint density at radius 1 is 1.10 bits per heavy atom. The maximum Gasteiger partial charge on any atom is 0.408 e. The van der Waals surface area contributed by atoms with Crippen molar-refractivity contribution in [3.05, 3.63) is 36.7 Å². The van der Waals surface area contributed by atoms with Gasteiger partial charge in [-0.3, -0.25) is 0 Å². The smallest absolute Gasteiger partial charge is 0.378 e. The lowest BCUT2D eigenvalue weighted by Crippen LogP contribution is -2.46. The van der Waals surface area contributed by atoms with E-state index in [1.54, 1.807) is 18.5 Å². The summed E-state index contributed by atoms with van der Waals surface area (Å²) in [6.07, 6.45) is -1.74. The number of anilines is 2. The van der Waals surface area contributed by atoms with Gasteiger partial charge in [-0.15, -0.1) is 0 Å². The van der Waals surface area contributed by atoms with E-state index in [4.69, 9.17) is 9.47 Å². The zero-order valence-corrected chi connectivity index (χ0v) is 25.1. The molecule has 224 valence electrons. The van der Waals surface area contributed by atoms with Gasteiger partial charge in [0.1, 0.15) is 30.6 Å². The maximum absolute atomic E-state index is 14.0. The first-order chi connectivity index (χ1) is 19.6. The molecular formula is C29H41F3N6O2Si. The van der Waals surface area contributed by atoms with Crippen molar-refractivity contribution in [3.63, 3.8) is 0 Å². The van der Waals surface area contributed by atoms with Crippen LogP contribution in [0, 0.1) is 5.92 Å². The molecule has 5 rings (SSSR count). The Hall–Kier alpha value is -2.67. The fourth-order valence-corrected chi connectivity index (χ4v) is 6.30. The number of aromatic nitrogens is 3. The number of rotatable bonds is 10. The second-order valence-corrected chi connectivity index (χ2v) is 17.8. The predicted molar refractivity (Wildman–Crippen MR) is 159 cm³/mol. The first-order valence-corrected chi connectivity index (χ1v) is 18.2. The second-order valence-electron chi connectivity index (χ2n) is 12.2. The molecule has 12 heteroatoms. The molecule has 1 aromatic carbocycles. The Labute approximate surface area is 240 Å². The van der Waals surface area contributed by atoms with Crippen molar-refractivity contribution >= 4 is 30.6 Å². The van der Waals surface area contributed by atoms with Crippen LogP contribution in [0.15, 0.2) is 36.7 Å². The molecule has 8 nitrogen and oxygen atoms in total. The molecule has 0 unspecified atom stereocenters. The highest BCUT2D eigenvalue weighted by Gasteiger charge is 2.44. The summed E-state index contributed by atoms with van der Waals surface area (Å²) in [6.45, 7) is 11.9. The van der Waals surface area contributed by atoms with E-state index in [1.807, 2.05) is 16.7 Å². The largest absolute Gasteiger partial charge is 0.408 e. The van der Waals surface area contributed by atoms with Gasteiger partial charge in [0.15, 0.2) is 0 Å². The molecule has 1 atom stereocenters. The first kappa shape index (κ1) is 29.8. The number of morpholine rings is 1. The molecule has 2 aromatic heterocycles. The summed E-state index contributed by atoms with van der Waals surface area (Å²) in [5, 5.41) is 6.87. The number of hydrogen-bond acceptors (Lipinski definition) is 7. The van der Waals surface area contributed by atoms with Crippen LogP contribution < -0.4 is 15.5 Å². The molecule has 4 heterocycles. The number of nitrogens with one attached hydrogen (secondary N) is 2. The number of halogens is 3. The van der Waals surface area contributed by atoms with Gasteiger partial charge in [0.2, 0.25) is 0 Å². The van der Waals surface area contributed by atoms with Gasteiger partial charge in [-0.2, -0.15) is 13.2 Å². The summed E-state index contributed by atoms with van der Waals surface area (Å²) in [6, 6.07) is 8.74. The summed E-state index contributed by atoms with van der Waals surface area (Å²) in [7, 11) is -1.26. The van der Waals surface area contributed by atoms with E-state index >= 15 is 0 Å². The molecular weight excluding hydrogens is 549 g/mol. The van der Waals surface area contributed by atoms with Crippen LogP contribution in [-0.2, 0) is 16.2 Å². The molecule has 0 amide bonds. The molecule has 2 aliphatic rings. The van der Waals surface area contributed by atoms with E-state index in [-0.39, 0.29) is 0 Å². The van der Waals surface area contributed by atoms with Gasteiger partial charge in [0, 0.05) is 33.5 Å². The molecule has 2 saturated heterocycles. The normalized spacial score (nSPS) is 18.1. The third kappa shape index (κ3) is 7.40. The lowest BCUT2D eigenvalue weighted by atomic mass is 9.89. The zero-order valence-electron chi connectivity index (χ0n) is 24.1. The Morgan fingerprint density at radius 2 is 1.80 bits per heavy atom. The van der Waals surface area contributed by atoms with Gasteiger partial charge in [0.05, 0.1) is 24.3 Å². The minimum Gasteiger partial charge on any atom is -0.378 e. The van der Waals surface area contributed by atoms with Crippen molar-refractivity contribution in [2.24, 2.45) is 5.92 Å². The number of fused-ring (bicyclic) bond motifs is 1. The minimum atomic E-state index is -4.32. The topological polar surface area (TPSA) is 76.5 Å². The van der Waals surface area contributed by atoms with Crippen LogP contribution in [0.3, 0.4) is 0 Å². The van der Waals surface area contributed by atoms with E-state index in [2.05, 4.69) is 51.2 Å². The summed E-state index contributed by atoms with van der Waals surface area (Å²) >= 11 is 0. The number of alkyl halides is 3. The highest BCUT2D eigenvalue weighted by atomic mass is 28.3. The summed E-state index contributed by atoms with van der Waals surface area (Å²) < 4.78 is 55.7. The lowest BCUT2D eigenvalue weighted by molar-refractivity contribution is -0.155. The monoisotopic (exact) mass is 590 g/mol. The van der Waals surface area contributed by atoms with Crippen molar-refractivity contribution in [2.75, 3.05) is 56.2 Å². The van der Waals surface area contributed by atoms with Gasteiger partial charge < -0.3 is 29.6 Å². The summed E-state index contributed by atoms with van der Waals surface area (Å²) in [4.78, 5) is 11.4. The van der Waals surface area contributed by atoms with E-state index in [1.165, 1.54) is 0 Å². The molecule has 3 aromatic rings. The lowest BCUT2D eigenvalue weighted by Gasteiger charge is -2.33. The molecule has 41 heavy (non-hydrogen) atoms. The van der Waals surface area contributed by atoms with E-state index in [0.717, 1.165) is 47.2 Å². The fourth-order valence-electron chi connectivity index (χ4n) is 5.54. The number of nitrogens with zero attached hydrogens (tertiary/aromatic N) is 4. The molecule has 2 aliphatic heterocycles. The second kappa shape index (κ2) is 12.7. The van der Waals surface area contributed by atoms with Gasteiger partial charge in [0.25, 0.3) is 0 Å². The Bertz CT molecular complexity index is 1280. The van der Waals surface area contributed by atoms with Crippen LogP contribution in [0.2, 0.25) is 25.7 Å². The number of hydrogen-bond donors (Lipinski definition) is 2. The molecule has 0 radical (unpaired) electrons. The van der Waals surface area contributed by atoms with Crippen LogP contribution in [0.1, 0.15) is 12.8 Å². The van der Waals surface area contributed by atoms with Crippen molar-refractivity contribution in [3.8, 4) is 11.3 Å². The van der Waals surface area contributed by atoms with E-state index in [0.29, 0.717) is 58.2 Å². The third-order valence-electron chi connectivity index (χ3n) is 7.91. The minimum absolute atomic E-state index is 0.328.